The number of rotatable bonds is 5. The topological polar surface area (TPSA) is 66.6 Å². The highest BCUT2D eigenvalue weighted by Gasteiger charge is 2.17. The van der Waals surface area contributed by atoms with Gasteiger partial charge in [0.1, 0.15) is 5.75 Å². The van der Waals surface area contributed by atoms with Gasteiger partial charge in [0.15, 0.2) is 0 Å². The Hall–Kier alpha value is -1.55. The highest BCUT2D eigenvalue weighted by Crippen LogP contribution is 2.20. The van der Waals surface area contributed by atoms with Crippen molar-refractivity contribution in [1.82, 2.24) is 4.90 Å². The molecule has 0 aliphatic heterocycles. The normalized spacial score (nSPS) is 10.3. The molecule has 0 spiro atoms. The van der Waals surface area contributed by atoms with Crippen LogP contribution in [0, 0.1) is 6.92 Å². The van der Waals surface area contributed by atoms with Gasteiger partial charge >= 0.3 is 0 Å². The lowest BCUT2D eigenvalue weighted by Gasteiger charge is -2.22. The van der Waals surface area contributed by atoms with Gasteiger partial charge in [-0.1, -0.05) is 13.0 Å². The number of phenols is 1. The molecule has 0 aliphatic rings. The van der Waals surface area contributed by atoms with Crippen LogP contribution in [0.3, 0.4) is 0 Å². The molecular formula is C13H20N2O2. The average molecular weight is 236 g/mol. The van der Waals surface area contributed by atoms with Crippen LogP contribution in [0.1, 0.15) is 29.3 Å². The van der Waals surface area contributed by atoms with Crippen LogP contribution in [0.25, 0.3) is 0 Å². The number of nitrogens with two attached hydrogens (primary N) is 1. The number of hydrogen-bond donors (Lipinski definition) is 2. The first-order valence-corrected chi connectivity index (χ1v) is 5.89. The summed E-state index contributed by atoms with van der Waals surface area (Å²) in [6, 6.07) is 5.00. The van der Waals surface area contributed by atoms with Crippen molar-refractivity contribution in [3.63, 3.8) is 0 Å². The minimum Gasteiger partial charge on any atom is -0.508 e. The van der Waals surface area contributed by atoms with E-state index in [0.717, 1.165) is 6.42 Å². The molecule has 1 amide bonds. The van der Waals surface area contributed by atoms with E-state index < -0.39 is 0 Å². The molecule has 1 rings (SSSR count). The molecule has 3 N–H and O–H groups in total. The summed E-state index contributed by atoms with van der Waals surface area (Å²) in [5.74, 6) is 0.0887. The molecule has 0 unspecified atom stereocenters. The van der Waals surface area contributed by atoms with Crippen LogP contribution in [0.2, 0.25) is 0 Å². The largest absolute Gasteiger partial charge is 0.508 e. The molecule has 0 saturated heterocycles. The zero-order valence-corrected chi connectivity index (χ0v) is 10.4. The molecule has 17 heavy (non-hydrogen) atoms. The van der Waals surface area contributed by atoms with E-state index in [4.69, 9.17) is 5.73 Å². The van der Waals surface area contributed by atoms with Crippen molar-refractivity contribution < 1.29 is 9.90 Å². The predicted molar refractivity (Wildman–Crippen MR) is 68.1 cm³/mol. The number of nitrogens with zero attached hydrogens (tertiary/aromatic N) is 1. The Morgan fingerprint density at radius 1 is 1.41 bits per heavy atom. The fourth-order valence-electron chi connectivity index (χ4n) is 1.77. The second kappa shape index (κ2) is 6.25. The van der Waals surface area contributed by atoms with Gasteiger partial charge in [-0.15, -0.1) is 0 Å². The van der Waals surface area contributed by atoms with Gasteiger partial charge in [0.25, 0.3) is 5.91 Å². The molecule has 0 fully saturated rings. The maximum Gasteiger partial charge on any atom is 0.254 e. The fraction of sp³-hybridized carbons (Fsp3) is 0.462. The van der Waals surface area contributed by atoms with Gasteiger partial charge in [0.05, 0.1) is 0 Å². The maximum absolute atomic E-state index is 12.3. The molecule has 0 aromatic heterocycles. The average Bonchev–Trinajstić information content (AvgIpc) is 2.31. The Bertz CT molecular complexity index is 385. The summed E-state index contributed by atoms with van der Waals surface area (Å²) in [5, 5.41) is 9.60. The molecule has 0 radical (unpaired) electrons. The Kier molecular flexibility index (Phi) is 4.97. The number of amides is 1. The number of carbonyl (C=O) groups is 1. The van der Waals surface area contributed by atoms with Crippen molar-refractivity contribution in [2.24, 2.45) is 5.73 Å². The van der Waals surface area contributed by atoms with Crippen LogP contribution in [0.5, 0.6) is 5.75 Å². The minimum absolute atomic E-state index is 0.0642. The van der Waals surface area contributed by atoms with Crippen molar-refractivity contribution in [3.8, 4) is 5.75 Å². The first-order valence-electron chi connectivity index (χ1n) is 5.89. The third kappa shape index (κ3) is 3.20. The molecule has 4 nitrogen and oxygen atoms in total. The van der Waals surface area contributed by atoms with Gasteiger partial charge in [-0.25, -0.2) is 0 Å². The SMILES string of the molecule is CCCN(CCN)C(=O)c1cccc(O)c1C. The van der Waals surface area contributed by atoms with E-state index in [2.05, 4.69) is 0 Å². The first-order chi connectivity index (χ1) is 8.11. The van der Waals surface area contributed by atoms with Crippen molar-refractivity contribution >= 4 is 5.91 Å². The lowest BCUT2D eigenvalue weighted by Crippen LogP contribution is -2.36. The number of aromatic hydroxyl groups is 1. The lowest BCUT2D eigenvalue weighted by molar-refractivity contribution is 0.0759. The van der Waals surface area contributed by atoms with E-state index in [1.807, 2.05) is 6.92 Å². The van der Waals surface area contributed by atoms with Crippen molar-refractivity contribution in [3.05, 3.63) is 29.3 Å². The van der Waals surface area contributed by atoms with E-state index >= 15 is 0 Å². The van der Waals surface area contributed by atoms with Crippen LogP contribution < -0.4 is 5.73 Å². The maximum atomic E-state index is 12.3. The second-order valence-corrected chi connectivity index (χ2v) is 4.03. The first kappa shape index (κ1) is 13.5. The van der Waals surface area contributed by atoms with Crippen LogP contribution in [0.15, 0.2) is 18.2 Å². The van der Waals surface area contributed by atoms with Crippen LogP contribution in [-0.4, -0.2) is 35.5 Å². The van der Waals surface area contributed by atoms with Gasteiger partial charge in [-0.2, -0.15) is 0 Å². The van der Waals surface area contributed by atoms with Crippen molar-refractivity contribution in [1.29, 1.82) is 0 Å². The summed E-state index contributed by atoms with van der Waals surface area (Å²) < 4.78 is 0. The van der Waals surface area contributed by atoms with Gasteiger partial charge in [0, 0.05) is 30.8 Å². The number of hydrogen-bond acceptors (Lipinski definition) is 3. The summed E-state index contributed by atoms with van der Waals surface area (Å²) in [6.45, 7) is 5.44. The molecule has 0 aliphatic carbocycles. The Balaban J connectivity index is 2.96. The van der Waals surface area contributed by atoms with E-state index in [1.54, 1.807) is 30.0 Å². The predicted octanol–water partition coefficient (Wildman–Crippen LogP) is 1.51. The van der Waals surface area contributed by atoms with E-state index in [0.29, 0.717) is 30.8 Å². The molecule has 0 atom stereocenters. The summed E-state index contributed by atoms with van der Waals surface area (Å²) in [7, 11) is 0. The summed E-state index contributed by atoms with van der Waals surface area (Å²) in [5.41, 5.74) is 6.67. The molecule has 0 heterocycles. The highest BCUT2D eigenvalue weighted by atomic mass is 16.3. The van der Waals surface area contributed by atoms with E-state index in [9.17, 15) is 9.90 Å². The van der Waals surface area contributed by atoms with Gasteiger partial charge in [0.2, 0.25) is 0 Å². The highest BCUT2D eigenvalue weighted by molar-refractivity contribution is 5.96. The van der Waals surface area contributed by atoms with Crippen LogP contribution in [-0.2, 0) is 0 Å². The molecule has 0 saturated carbocycles. The zero-order chi connectivity index (χ0) is 12.8. The summed E-state index contributed by atoms with van der Waals surface area (Å²) >= 11 is 0. The molecule has 1 aromatic rings. The molecule has 0 bridgehead atoms. The Morgan fingerprint density at radius 3 is 2.71 bits per heavy atom. The van der Waals surface area contributed by atoms with Gasteiger partial charge in [-0.3, -0.25) is 4.79 Å². The molecule has 94 valence electrons. The van der Waals surface area contributed by atoms with Crippen molar-refractivity contribution in [2.45, 2.75) is 20.3 Å². The molecule has 4 heteroatoms. The quantitative estimate of drug-likeness (QED) is 0.814. The molecular weight excluding hydrogens is 216 g/mol. The van der Waals surface area contributed by atoms with Gasteiger partial charge < -0.3 is 15.7 Å². The van der Waals surface area contributed by atoms with Crippen LogP contribution >= 0.6 is 0 Å². The number of phenolic OH excluding ortho intramolecular Hbond substituents is 1. The molecule has 1 aromatic carbocycles. The van der Waals surface area contributed by atoms with Crippen LogP contribution in [0.4, 0.5) is 0 Å². The van der Waals surface area contributed by atoms with Gasteiger partial charge in [-0.05, 0) is 25.5 Å². The monoisotopic (exact) mass is 236 g/mol. The number of benzene rings is 1. The summed E-state index contributed by atoms with van der Waals surface area (Å²) in [4.78, 5) is 14.0. The van der Waals surface area contributed by atoms with E-state index in [-0.39, 0.29) is 11.7 Å². The summed E-state index contributed by atoms with van der Waals surface area (Å²) in [6.07, 6.45) is 0.892. The number of carbonyl (C=O) groups excluding carboxylic acids is 1. The van der Waals surface area contributed by atoms with E-state index in [1.165, 1.54) is 0 Å². The van der Waals surface area contributed by atoms with Crippen molar-refractivity contribution in [2.75, 3.05) is 19.6 Å². The zero-order valence-electron chi connectivity index (χ0n) is 10.4. The third-order valence-electron chi connectivity index (χ3n) is 2.72. The Labute approximate surface area is 102 Å². The smallest absolute Gasteiger partial charge is 0.254 e. The Morgan fingerprint density at radius 2 is 2.12 bits per heavy atom. The minimum atomic E-state index is -0.0642. The lowest BCUT2D eigenvalue weighted by atomic mass is 10.1. The third-order valence-corrected chi connectivity index (χ3v) is 2.72. The fourth-order valence-corrected chi connectivity index (χ4v) is 1.77. The second-order valence-electron chi connectivity index (χ2n) is 4.03. The standard InChI is InChI=1S/C13H20N2O2/c1-3-8-15(9-7-14)13(17)11-5-4-6-12(16)10(11)2/h4-6,16H,3,7-9,14H2,1-2H3.